The number of carbonyl (C=O) groups is 3. The van der Waals surface area contributed by atoms with Crippen molar-refractivity contribution in [3.05, 3.63) is 29.3 Å². The highest BCUT2D eigenvalue weighted by molar-refractivity contribution is 8.02. The number of nitrogens with zero attached hydrogens (tertiary/aromatic N) is 1. The largest absolute Gasteiger partial charge is 0.324 e. The van der Waals surface area contributed by atoms with Crippen LogP contribution >= 0.6 is 11.8 Å². The van der Waals surface area contributed by atoms with E-state index in [4.69, 9.17) is 0 Å². The van der Waals surface area contributed by atoms with E-state index in [1.54, 1.807) is 0 Å². The van der Waals surface area contributed by atoms with Gasteiger partial charge in [0.25, 0.3) is 0 Å². The monoisotopic (exact) mass is 348 g/mol. The topological polar surface area (TPSA) is 66.5 Å². The highest BCUT2D eigenvalue weighted by Gasteiger charge is 2.40. The van der Waals surface area contributed by atoms with Crippen LogP contribution in [0.3, 0.4) is 0 Å². The number of hydrogen-bond acceptors (Lipinski definition) is 4. The van der Waals surface area contributed by atoms with Crippen molar-refractivity contribution < 1.29 is 14.4 Å². The van der Waals surface area contributed by atoms with Gasteiger partial charge in [-0.05, 0) is 43.9 Å². The van der Waals surface area contributed by atoms with Gasteiger partial charge in [-0.25, -0.2) is 0 Å². The van der Waals surface area contributed by atoms with E-state index in [0.29, 0.717) is 18.5 Å². The summed E-state index contributed by atoms with van der Waals surface area (Å²) >= 11 is 1.41. The molecule has 1 heterocycles. The molecule has 0 aromatic heterocycles. The Morgan fingerprint density at radius 1 is 1.12 bits per heavy atom. The molecule has 2 atom stereocenters. The number of rotatable bonds is 5. The molecule has 24 heavy (non-hydrogen) atoms. The summed E-state index contributed by atoms with van der Waals surface area (Å²) in [5.74, 6) is -0.858. The number of benzene rings is 1. The Hall–Kier alpha value is -1.82. The van der Waals surface area contributed by atoms with Crippen molar-refractivity contribution in [3.63, 3.8) is 0 Å². The maximum Gasteiger partial charge on any atom is 0.244 e. The molecule has 1 saturated heterocycles. The zero-order chi connectivity index (χ0) is 17.9. The molecule has 1 aromatic rings. The van der Waals surface area contributed by atoms with Gasteiger partial charge in [-0.3, -0.25) is 19.3 Å². The predicted octanol–water partition coefficient (Wildman–Crippen LogP) is 2.90. The van der Waals surface area contributed by atoms with Crippen LogP contribution in [-0.2, 0) is 14.4 Å². The molecule has 130 valence electrons. The van der Waals surface area contributed by atoms with Crippen molar-refractivity contribution in [2.75, 3.05) is 11.9 Å². The van der Waals surface area contributed by atoms with Gasteiger partial charge in [0.05, 0.1) is 10.5 Å². The van der Waals surface area contributed by atoms with Crippen molar-refractivity contribution >= 4 is 35.2 Å². The first-order valence-electron chi connectivity index (χ1n) is 8.25. The van der Waals surface area contributed by atoms with Crippen molar-refractivity contribution in [3.8, 4) is 0 Å². The lowest BCUT2D eigenvalue weighted by Gasteiger charge is -2.34. The Bertz CT molecular complexity index is 638. The van der Waals surface area contributed by atoms with Gasteiger partial charge in [-0.1, -0.05) is 26.0 Å². The van der Waals surface area contributed by atoms with Crippen molar-refractivity contribution in [2.24, 2.45) is 0 Å². The van der Waals surface area contributed by atoms with Gasteiger partial charge >= 0.3 is 0 Å². The number of nitrogens with one attached hydrogen (secondary N) is 1. The van der Waals surface area contributed by atoms with E-state index in [-0.39, 0.29) is 34.8 Å². The molecule has 1 N–H and O–H groups in total. The van der Waals surface area contributed by atoms with E-state index < -0.39 is 0 Å². The molecular weight excluding hydrogens is 324 g/mol. The number of carbonyl (C=O) groups excluding carboxylic acids is 3. The first kappa shape index (κ1) is 18.5. The maximum atomic E-state index is 12.4. The number of anilines is 1. The molecule has 5 nitrogen and oxygen atoms in total. The van der Waals surface area contributed by atoms with Crippen LogP contribution in [0.15, 0.2) is 18.2 Å². The third-order valence-electron chi connectivity index (χ3n) is 4.12. The molecule has 1 aromatic carbocycles. The third kappa shape index (κ3) is 3.98. The summed E-state index contributed by atoms with van der Waals surface area (Å²) in [6.07, 6.45) is 1.31. The molecule has 0 spiro atoms. The predicted molar refractivity (Wildman–Crippen MR) is 97.0 cm³/mol. The third-order valence-corrected chi connectivity index (χ3v) is 5.85. The molecule has 1 aliphatic heterocycles. The normalized spacial score (nSPS) is 21.1. The second-order valence-electron chi connectivity index (χ2n) is 6.06. The zero-order valence-corrected chi connectivity index (χ0v) is 15.4. The molecule has 0 radical (unpaired) electrons. The molecule has 0 bridgehead atoms. The lowest BCUT2D eigenvalue weighted by molar-refractivity contribution is -0.147. The summed E-state index contributed by atoms with van der Waals surface area (Å²) in [7, 11) is 0. The molecule has 2 rings (SSSR count). The maximum absolute atomic E-state index is 12.4. The Morgan fingerprint density at radius 3 is 2.25 bits per heavy atom. The Balaban J connectivity index is 2.12. The summed E-state index contributed by atoms with van der Waals surface area (Å²) in [5, 5.41) is 2.32. The van der Waals surface area contributed by atoms with Crippen LogP contribution in [0.25, 0.3) is 0 Å². The summed E-state index contributed by atoms with van der Waals surface area (Å²) in [4.78, 5) is 38.4. The molecular formula is C18H24N2O3S. The fourth-order valence-electron chi connectivity index (χ4n) is 2.67. The molecule has 3 amide bonds. The number of imide groups is 1. The van der Waals surface area contributed by atoms with Gasteiger partial charge in [0, 0.05) is 5.69 Å². The fraction of sp³-hybridized carbons (Fsp3) is 0.500. The van der Waals surface area contributed by atoms with Gasteiger partial charge in [-0.2, -0.15) is 0 Å². The lowest BCUT2D eigenvalue weighted by atomic mass is 10.1. The number of amides is 3. The van der Waals surface area contributed by atoms with Crippen LogP contribution in [0.5, 0.6) is 0 Å². The Labute approximate surface area is 147 Å². The van der Waals surface area contributed by atoms with E-state index in [0.717, 1.165) is 16.0 Å². The minimum absolute atomic E-state index is 0.224. The van der Waals surface area contributed by atoms with E-state index in [2.05, 4.69) is 5.32 Å². The molecule has 0 saturated carbocycles. The molecule has 6 heteroatoms. The first-order valence-corrected chi connectivity index (χ1v) is 9.19. The van der Waals surface area contributed by atoms with Crippen LogP contribution in [0.4, 0.5) is 5.69 Å². The van der Waals surface area contributed by atoms with E-state index >= 15 is 0 Å². The minimum atomic E-state index is -0.345. The number of aryl methyl sites for hydroxylation is 2. The molecule has 0 unspecified atom stereocenters. The highest BCUT2D eigenvalue weighted by Crippen LogP contribution is 2.31. The molecule has 0 aliphatic carbocycles. The van der Waals surface area contributed by atoms with Gasteiger partial charge < -0.3 is 5.32 Å². The lowest BCUT2D eigenvalue weighted by Crippen LogP contribution is -2.53. The molecule has 1 fully saturated rings. The van der Waals surface area contributed by atoms with Crippen LogP contribution in [0, 0.1) is 13.8 Å². The Morgan fingerprint density at radius 2 is 1.71 bits per heavy atom. The average molecular weight is 348 g/mol. The average Bonchev–Trinajstić information content (AvgIpc) is 2.55. The van der Waals surface area contributed by atoms with E-state index in [9.17, 15) is 14.4 Å². The number of thioether (sulfide) groups is 1. The van der Waals surface area contributed by atoms with Crippen LogP contribution in [0.1, 0.15) is 37.8 Å². The van der Waals surface area contributed by atoms with Gasteiger partial charge in [0.2, 0.25) is 17.7 Å². The second kappa shape index (κ2) is 7.83. The van der Waals surface area contributed by atoms with Gasteiger partial charge in [-0.15, -0.1) is 11.8 Å². The highest BCUT2D eigenvalue weighted by atomic mass is 32.2. The minimum Gasteiger partial charge on any atom is -0.324 e. The van der Waals surface area contributed by atoms with Crippen LogP contribution in [0.2, 0.25) is 0 Å². The quantitative estimate of drug-likeness (QED) is 0.831. The summed E-state index contributed by atoms with van der Waals surface area (Å²) in [5.41, 5.74) is 2.69. The second-order valence-corrected chi connectivity index (χ2v) is 7.47. The van der Waals surface area contributed by atoms with Crippen LogP contribution in [-0.4, -0.2) is 39.7 Å². The summed E-state index contributed by atoms with van der Waals surface area (Å²) in [6, 6.07) is 5.78. The summed E-state index contributed by atoms with van der Waals surface area (Å²) in [6.45, 7) is 7.47. The molecule has 1 aliphatic rings. The van der Waals surface area contributed by atoms with Crippen LogP contribution < -0.4 is 5.32 Å². The smallest absolute Gasteiger partial charge is 0.244 e. The van der Waals surface area contributed by atoms with Crippen molar-refractivity contribution in [1.29, 1.82) is 0 Å². The first-order chi connectivity index (χ1) is 11.4. The van der Waals surface area contributed by atoms with Crippen molar-refractivity contribution in [1.82, 2.24) is 4.90 Å². The van der Waals surface area contributed by atoms with Gasteiger partial charge in [0.1, 0.15) is 6.54 Å². The summed E-state index contributed by atoms with van der Waals surface area (Å²) < 4.78 is 0. The van der Waals surface area contributed by atoms with E-state index in [1.807, 2.05) is 45.9 Å². The zero-order valence-electron chi connectivity index (χ0n) is 14.6. The fourth-order valence-corrected chi connectivity index (χ4v) is 3.94. The van der Waals surface area contributed by atoms with Crippen molar-refractivity contribution in [2.45, 2.75) is 51.0 Å². The van der Waals surface area contributed by atoms with Gasteiger partial charge in [0.15, 0.2) is 0 Å². The Kier molecular flexibility index (Phi) is 6.04. The SMILES string of the molecule is CC[C@@H]1S[C@@H](CC)C(=O)N(CC(=O)Nc2cc(C)ccc2C)C1=O. The standard InChI is InChI=1S/C18H24N2O3S/c1-5-14-17(22)20(18(23)15(6-2)24-14)10-16(21)19-13-9-11(3)7-8-12(13)4/h7-9,14-15H,5-6,10H2,1-4H3,(H,19,21)/t14-,15-/m0/s1. The number of hydrogen-bond donors (Lipinski definition) is 1. The van der Waals surface area contributed by atoms with E-state index in [1.165, 1.54) is 11.8 Å².